The summed E-state index contributed by atoms with van der Waals surface area (Å²) in [6, 6.07) is 12.8. The Morgan fingerprint density at radius 1 is 1.11 bits per heavy atom. The molecule has 0 saturated carbocycles. The van der Waals surface area contributed by atoms with E-state index in [1.807, 2.05) is 0 Å². The molecule has 0 fully saturated rings. The molecule has 1 aromatic heterocycles. The Kier molecular flexibility index (Phi) is 4.41. The molecule has 4 rings (SSSR count). The van der Waals surface area contributed by atoms with Crippen molar-refractivity contribution in [1.82, 2.24) is 9.55 Å². The topological polar surface area (TPSA) is 81.5 Å². The van der Waals surface area contributed by atoms with Gasteiger partial charge < -0.3 is 14.2 Å². The maximum Gasteiger partial charge on any atom is 0.247 e. The van der Waals surface area contributed by atoms with Gasteiger partial charge in [-0.3, -0.25) is 4.79 Å². The van der Waals surface area contributed by atoms with Crippen LogP contribution in [-0.4, -0.2) is 37.0 Å². The molecule has 0 saturated heterocycles. The molecule has 2 aromatic carbocycles. The van der Waals surface area contributed by atoms with E-state index in [0.29, 0.717) is 24.6 Å². The molecule has 2 heterocycles. The lowest BCUT2D eigenvalue weighted by Crippen LogP contribution is -2.39. The van der Waals surface area contributed by atoms with Crippen molar-refractivity contribution in [2.45, 2.75) is 16.3 Å². The van der Waals surface area contributed by atoms with Gasteiger partial charge in [0.1, 0.15) is 18.9 Å². The maximum atomic E-state index is 12.8. The van der Waals surface area contributed by atoms with E-state index < -0.39 is 9.84 Å². The molecule has 3 aromatic rings. The molecule has 0 bridgehead atoms. The van der Waals surface area contributed by atoms with Crippen molar-refractivity contribution in [2.24, 2.45) is 0 Å². The van der Waals surface area contributed by atoms with Gasteiger partial charge in [0.2, 0.25) is 15.7 Å². The minimum atomic E-state index is -3.65. The Labute approximate surface area is 156 Å². The first-order valence-corrected chi connectivity index (χ1v) is 9.87. The summed E-state index contributed by atoms with van der Waals surface area (Å²) in [4.78, 5) is 18.5. The average molecular weight is 383 g/mol. The van der Waals surface area contributed by atoms with Crippen LogP contribution in [0.15, 0.2) is 77.0 Å². The van der Waals surface area contributed by atoms with Gasteiger partial charge >= 0.3 is 0 Å². The SMILES string of the molecule is O=C(Cn1ccnc1)N1CCOc2cc(S(=O)(=O)c3ccccc3)ccc21. The fourth-order valence-corrected chi connectivity index (χ4v) is 4.28. The summed E-state index contributed by atoms with van der Waals surface area (Å²) >= 11 is 0. The quantitative estimate of drug-likeness (QED) is 0.689. The highest BCUT2D eigenvalue weighted by Crippen LogP contribution is 2.35. The van der Waals surface area contributed by atoms with Gasteiger partial charge in [-0.2, -0.15) is 0 Å². The zero-order valence-corrected chi connectivity index (χ0v) is 15.2. The van der Waals surface area contributed by atoms with Crippen molar-refractivity contribution in [1.29, 1.82) is 0 Å². The number of imidazole rings is 1. The number of aromatic nitrogens is 2. The Bertz CT molecular complexity index is 1060. The standard InChI is InChI=1S/C19H17N3O4S/c23-19(13-21-9-8-20-14-21)22-10-11-26-18-12-16(6-7-17(18)22)27(24,25)15-4-2-1-3-5-15/h1-9,12,14H,10-11,13H2. The molecule has 7 nitrogen and oxygen atoms in total. The van der Waals surface area contributed by atoms with Gasteiger partial charge in [-0.1, -0.05) is 18.2 Å². The number of hydrogen-bond donors (Lipinski definition) is 0. The maximum absolute atomic E-state index is 12.8. The van der Waals surface area contributed by atoms with E-state index in [9.17, 15) is 13.2 Å². The highest BCUT2D eigenvalue weighted by Gasteiger charge is 2.26. The molecule has 138 valence electrons. The third kappa shape index (κ3) is 3.31. The number of rotatable bonds is 4. The second kappa shape index (κ2) is 6.88. The smallest absolute Gasteiger partial charge is 0.247 e. The molecule has 0 spiro atoms. The first-order valence-electron chi connectivity index (χ1n) is 8.39. The van der Waals surface area contributed by atoms with Gasteiger partial charge in [0.05, 0.1) is 28.4 Å². The van der Waals surface area contributed by atoms with Crippen molar-refractivity contribution in [3.63, 3.8) is 0 Å². The van der Waals surface area contributed by atoms with Crippen molar-refractivity contribution in [3.8, 4) is 5.75 Å². The van der Waals surface area contributed by atoms with E-state index in [0.717, 1.165) is 0 Å². The molecule has 0 atom stereocenters. The van der Waals surface area contributed by atoms with E-state index in [1.54, 1.807) is 64.6 Å². The molecule has 0 N–H and O–H groups in total. The van der Waals surface area contributed by atoms with Crippen molar-refractivity contribution in [3.05, 3.63) is 67.3 Å². The van der Waals surface area contributed by atoms with Crippen molar-refractivity contribution < 1.29 is 17.9 Å². The predicted molar refractivity (Wildman–Crippen MR) is 98.4 cm³/mol. The van der Waals surface area contributed by atoms with E-state index in [4.69, 9.17) is 4.74 Å². The van der Waals surface area contributed by atoms with Crippen LogP contribution in [0.1, 0.15) is 0 Å². The molecule has 1 aliphatic rings. The van der Waals surface area contributed by atoms with Gasteiger partial charge in [0, 0.05) is 18.5 Å². The van der Waals surface area contributed by atoms with Crippen LogP contribution in [0.2, 0.25) is 0 Å². The van der Waals surface area contributed by atoms with Crippen molar-refractivity contribution >= 4 is 21.4 Å². The Hall–Kier alpha value is -3.13. The summed E-state index contributed by atoms with van der Waals surface area (Å²) in [5.74, 6) is 0.272. The van der Waals surface area contributed by atoms with Crippen LogP contribution in [0.5, 0.6) is 5.75 Å². The number of fused-ring (bicyclic) bond motifs is 1. The zero-order valence-electron chi connectivity index (χ0n) is 14.4. The first-order chi connectivity index (χ1) is 13.1. The van der Waals surface area contributed by atoms with Crippen LogP contribution in [-0.2, 0) is 21.2 Å². The minimum Gasteiger partial charge on any atom is -0.489 e. The molecule has 0 aliphatic carbocycles. The largest absolute Gasteiger partial charge is 0.489 e. The second-order valence-electron chi connectivity index (χ2n) is 6.07. The molecule has 8 heteroatoms. The molecule has 27 heavy (non-hydrogen) atoms. The lowest BCUT2D eigenvalue weighted by Gasteiger charge is -2.30. The Morgan fingerprint density at radius 2 is 1.93 bits per heavy atom. The third-order valence-corrected chi connectivity index (χ3v) is 6.10. The number of nitrogens with zero attached hydrogens (tertiary/aromatic N) is 3. The summed E-state index contributed by atoms with van der Waals surface area (Å²) in [6.07, 6.45) is 4.91. The second-order valence-corrected chi connectivity index (χ2v) is 8.02. The number of benzene rings is 2. The number of ether oxygens (including phenoxy) is 1. The predicted octanol–water partition coefficient (Wildman–Crippen LogP) is 2.14. The van der Waals surface area contributed by atoms with Gasteiger partial charge in [0.15, 0.2) is 0 Å². The highest BCUT2D eigenvalue weighted by molar-refractivity contribution is 7.91. The molecule has 0 radical (unpaired) electrons. The monoisotopic (exact) mass is 383 g/mol. The Morgan fingerprint density at radius 3 is 2.67 bits per heavy atom. The van der Waals surface area contributed by atoms with Crippen LogP contribution in [0.25, 0.3) is 0 Å². The molecule has 1 amide bonds. The normalized spacial score (nSPS) is 13.7. The van der Waals surface area contributed by atoms with Crippen LogP contribution in [0, 0.1) is 0 Å². The lowest BCUT2D eigenvalue weighted by molar-refractivity contribution is -0.119. The van der Waals surface area contributed by atoms with E-state index in [-0.39, 0.29) is 22.2 Å². The number of hydrogen-bond acceptors (Lipinski definition) is 5. The first kappa shape index (κ1) is 17.3. The number of sulfone groups is 1. The van der Waals surface area contributed by atoms with Gasteiger partial charge in [-0.25, -0.2) is 13.4 Å². The van der Waals surface area contributed by atoms with Crippen LogP contribution in [0.3, 0.4) is 0 Å². The van der Waals surface area contributed by atoms with Gasteiger partial charge in [0.25, 0.3) is 0 Å². The van der Waals surface area contributed by atoms with Crippen LogP contribution >= 0.6 is 0 Å². The molecule has 1 aliphatic heterocycles. The summed E-state index contributed by atoms with van der Waals surface area (Å²) in [5.41, 5.74) is 0.568. The lowest BCUT2D eigenvalue weighted by atomic mass is 10.2. The van der Waals surface area contributed by atoms with Crippen LogP contribution in [0.4, 0.5) is 5.69 Å². The van der Waals surface area contributed by atoms with E-state index >= 15 is 0 Å². The number of carbonyl (C=O) groups excluding carboxylic acids is 1. The summed E-state index contributed by atoms with van der Waals surface area (Å²) in [6.45, 7) is 0.867. The zero-order chi connectivity index (χ0) is 18.9. The molecular weight excluding hydrogens is 366 g/mol. The number of amides is 1. The Balaban J connectivity index is 1.65. The molecule has 0 unspecified atom stereocenters. The van der Waals surface area contributed by atoms with Crippen LogP contribution < -0.4 is 9.64 Å². The molecular formula is C19H17N3O4S. The van der Waals surface area contributed by atoms with Gasteiger partial charge in [-0.15, -0.1) is 0 Å². The van der Waals surface area contributed by atoms with E-state index in [2.05, 4.69) is 4.98 Å². The average Bonchev–Trinajstić information content (AvgIpc) is 3.20. The summed E-state index contributed by atoms with van der Waals surface area (Å²) in [5, 5.41) is 0. The summed E-state index contributed by atoms with van der Waals surface area (Å²) in [7, 11) is -3.65. The van der Waals surface area contributed by atoms with Gasteiger partial charge in [-0.05, 0) is 24.3 Å². The van der Waals surface area contributed by atoms with E-state index in [1.165, 1.54) is 12.1 Å². The third-order valence-electron chi connectivity index (χ3n) is 4.34. The fraction of sp³-hybridized carbons (Fsp3) is 0.158. The summed E-state index contributed by atoms with van der Waals surface area (Å²) < 4.78 is 32.9. The van der Waals surface area contributed by atoms with Crippen molar-refractivity contribution in [2.75, 3.05) is 18.1 Å². The number of anilines is 1. The minimum absolute atomic E-state index is 0.115. The fourth-order valence-electron chi connectivity index (χ4n) is 2.98. The number of carbonyl (C=O) groups is 1. The highest BCUT2D eigenvalue weighted by atomic mass is 32.2.